The molecule has 1 aromatic rings. The van der Waals surface area contributed by atoms with Crippen molar-refractivity contribution in [3.63, 3.8) is 0 Å². The Morgan fingerprint density at radius 3 is 2.76 bits per heavy atom. The monoisotopic (exact) mass is 349 g/mol. The predicted octanol–water partition coefficient (Wildman–Crippen LogP) is 2.31. The largest absolute Gasteiger partial charge is 0.332 e. The molecule has 3 rings (SSSR count). The van der Waals surface area contributed by atoms with E-state index in [-0.39, 0.29) is 17.9 Å². The van der Waals surface area contributed by atoms with Gasteiger partial charge in [-0.3, -0.25) is 14.8 Å². The Labute approximate surface area is 147 Å². The number of carbonyl (C=O) groups excluding carboxylic acids is 2. The zero-order chi connectivity index (χ0) is 18.2. The second kappa shape index (κ2) is 9.50. The van der Waals surface area contributed by atoms with Crippen molar-refractivity contribution in [1.29, 1.82) is 0 Å². The normalized spacial score (nSPS) is 17.6. The van der Waals surface area contributed by atoms with Gasteiger partial charge in [0.05, 0.1) is 6.04 Å². The van der Waals surface area contributed by atoms with E-state index in [1.165, 1.54) is 11.1 Å². The van der Waals surface area contributed by atoms with E-state index in [4.69, 9.17) is 10.4 Å². The van der Waals surface area contributed by atoms with Crippen molar-refractivity contribution >= 4 is 11.8 Å². The molecule has 1 heterocycles. The molecule has 0 saturated carbocycles. The molecule has 2 aliphatic rings. The highest BCUT2D eigenvalue weighted by Crippen LogP contribution is 2.42. The average Bonchev–Trinajstić information content (AvgIpc) is 2.94. The number of unbranched alkanes of at least 4 members (excludes halogenated alkanes) is 3. The zero-order valence-electron chi connectivity index (χ0n) is 14.4. The Hall–Kier alpha value is -1.96. The van der Waals surface area contributed by atoms with Crippen LogP contribution in [0, 0.1) is 0 Å². The van der Waals surface area contributed by atoms with E-state index in [1.807, 2.05) is 17.0 Å². The van der Waals surface area contributed by atoms with Crippen LogP contribution in [0.3, 0.4) is 0 Å². The van der Waals surface area contributed by atoms with Gasteiger partial charge in [-0.2, -0.15) is 0 Å². The molecular weight excluding hydrogens is 322 g/mol. The second-order valence-corrected chi connectivity index (χ2v) is 6.48. The molecular formula is C18H27N3O4. The lowest BCUT2D eigenvalue weighted by Crippen LogP contribution is -2.30. The fourth-order valence-electron chi connectivity index (χ4n) is 3.88. The summed E-state index contributed by atoms with van der Waals surface area (Å²) in [7, 11) is 0. The quantitative estimate of drug-likeness (QED) is 0.342. The number of nitrogens with one attached hydrogen (secondary N) is 1. The van der Waals surface area contributed by atoms with Crippen molar-refractivity contribution < 1.29 is 20.0 Å². The maximum Gasteiger partial charge on any atom is 0.254 e. The third-order valence-electron chi connectivity index (χ3n) is 5.00. The minimum atomic E-state index is -0.329. The number of amides is 2. The summed E-state index contributed by atoms with van der Waals surface area (Å²) in [6, 6.07) is 6.41. The van der Waals surface area contributed by atoms with Crippen molar-refractivity contribution in [1.82, 2.24) is 10.4 Å². The van der Waals surface area contributed by atoms with Crippen LogP contribution in [-0.4, -0.2) is 33.7 Å². The summed E-state index contributed by atoms with van der Waals surface area (Å²) in [5.74, 6) is 3.36. The lowest BCUT2D eigenvalue weighted by molar-refractivity contribution is -0.129. The highest BCUT2D eigenvalue weighted by molar-refractivity contribution is 5.99. The summed E-state index contributed by atoms with van der Waals surface area (Å²) in [6.45, 7) is 0.795. The summed E-state index contributed by atoms with van der Waals surface area (Å²) < 4.78 is 0. The van der Waals surface area contributed by atoms with Gasteiger partial charge in [-0.1, -0.05) is 25.0 Å². The number of rotatable bonds is 7. The molecule has 0 fully saturated rings. The summed E-state index contributed by atoms with van der Waals surface area (Å²) in [5.41, 5.74) is 5.19. The van der Waals surface area contributed by atoms with Gasteiger partial charge < -0.3 is 10.1 Å². The molecule has 7 heteroatoms. The van der Waals surface area contributed by atoms with Crippen LogP contribution in [0.2, 0.25) is 0 Å². The molecule has 1 aliphatic heterocycles. The van der Waals surface area contributed by atoms with Crippen LogP contribution >= 0.6 is 0 Å². The van der Waals surface area contributed by atoms with E-state index < -0.39 is 0 Å². The molecule has 0 spiro atoms. The molecule has 1 aliphatic carbocycles. The number of hydrogen-bond acceptors (Lipinski definition) is 5. The smallest absolute Gasteiger partial charge is 0.254 e. The van der Waals surface area contributed by atoms with Crippen molar-refractivity contribution in [2.45, 2.75) is 57.4 Å². The Morgan fingerprint density at radius 2 is 2.00 bits per heavy atom. The van der Waals surface area contributed by atoms with Crippen LogP contribution in [-0.2, 0) is 11.2 Å². The van der Waals surface area contributed by atoms with Crippen LogP contribution in [0.25, 0.3) is 0 Å². The van der Waals surface area contributed by atoms with E-state index in [0.717, 1.165) is 57.1 Å². The van der Waals surface area contributed by atoms with Gasteiger partial charge in [0.1, 0.15) is 0 Å². The van der Waals surface area contributed by atoms with E-state index in [1.54, 1.807) is 5.48 Å². The Morgan fingerprint density at radius 1 is 1.24 bits per heavy atom. The molecule has 0 bridgehead atoms. The molecule has 1 atom stereocenters. The van der Waals surface area contributed by atoms with Crippen molar-refractivity contribution in [3.8, 4) is 0 Å². The number of hydroxylamine groups is 1. The van der Waals surface area contributed by atoms with Crippen molar-refractivity contribution in [3.05, 3.63) is 34.9 Å². The number of nitrogens with two attached hydrogens (primary N) is 1. The standard InChI is InChI=1S/C18H24N2O3.H3NO/c21-16(19-23)11-3-1-2-4-12-20-15-10-6-8-13-7-5-9-14(17(13)15)18(20)22;1-2/h5,7,9,15,23H,1-4,6,8,10-12H2,(H,19,21);2H,1H2. The Kier molecular flexibility index (Phi) is 7.36. The first-order chi connectivity index (χ1) is 12.2. The minimum Gasteiger partial charge on any atom is -0.332 e. The van der Waals surface area contributed by atoms with Crippen LogP contribution in [0.4, 0.5) is 0 Å². The molecule has 0 radical (unpaired) electrons. The highest BCUT2D eigenvalue weighted by Gasteiger charge is 2.38. The number of hydrogen-bond donors (Lipinski definition) is 4. The van der Waals surface area contributed by atoms with Crippen LogP contribution < -0.4 is 11.4 Å². The third kappa shape index (κ3) is 4.36. The van der Waals surface area contributed by atoms with Crippen molar-refractivity contribution in [2.75, 3.05) is 6.54 Å². The van der Waals surface area contributed by atoms with Gasteiger partial charge in [0, 0.05) is 18.5 Å². The fraction of sp³-hybridized carbons (Fsp3) is 0.556. The van der Waals surface area contributed by atoms with Gasteiger partial charge in [0.2, 0.25) is 5.91 Å². The van der Waals surface area contributed by atoms with E-state index in [9.17, 15) is 9.59 Å². The molecule has 5 N–H and O–H groups in total. The zero-order valence-corrected chi connectivity index (χ0v) is 14.4. The Balaban J connectivity index is 0.00000109. The SMILES string of the molecule is NO.O=C(CCCCCCN1C(=O)c2cccc3c2C1CCC3)NO. The number of benzene rings is 1. The molecule has 138 valence electrons. The van der Waals surface area contributed by atoms with Gasteiger partial charge in [-0.15, -0.1) is 0 Å². The summed E-state index contributed by atoms with van der Waals surface area (Å²) in [4.78, 5) is 25.6. The lowest BCUT2D eigenvalue weighted by atomic mass is 9.87. The van der Waals surface area contributed by atoms with Crippen LogP contribution in [0.1, 0.15) is 72.5 Å². The number of aryl methyl sites for hydroxylation is 1. The van der Waals surface area contributed by atoms with E-state index in [2.05, 4.69) is 12.0 Å². The molecule has 1 unspecified atom stereocenters. The second-order valence-electron chi connectivity index (χ2n) is 6.48. The minimum absolute atomic E-state index is 0.188. The molecule has 0 aromatic heterocycles. The topological polar surface area (TPSA) is 116 Å². The maximum absolute atomic E-state index is 12.6. The summed E-state index contributed by atoms with van der Waals surface area (Å²) >= 11 is 0. The first-order valence-corrected chi connectivity index (χ1v) is 8.84. The summed E-state index contributed by atoms with van der Waals surface area (Å²) in [6.07, 6.45) is 7.36. The fourth-order valence-corrected chi connectivity index (χ4v) is 3.88. The first-order valence-electron chi connectivity index (χ1n) is 8.84. The van der Waals surface area contributed by atoms with Crippen LogP contribution in [0.5, 0.6) is 0 Å². The molecule has 25 heavy (non-hydrogen) atoms. The van der Waals surface area contributed by atoms with Crippen molar-refractivity contribution in [2.24, 2.45) is 5.90 Å². The van der Waals surface area contributed by atoms with Crippen LogP contribution in [0.15, 0.2) is 18.2 Å². The molecule has 2 amide bonds. The first kappa shape index (κ1) is 19.4. The lowest BCUT2D eigenvalue weighted by Gasteiger charge is -2.29. The Bertz CT molecular complexity index is 606. The summed E-state index contributed by atoms with van der Waals surface area (Å²) in [5, 5.41) is 14.9. The highest BCUT2D eigenvalue weighted by atomic mass is 16.5. The molecule has 0 saturated heterocycles. The van der Waals surface area contributed by atoms with Gasteiger partial charge in [0.25, 0.3) is 5.91 Å². The van der Waals surface area contributed by atoms with Gasteiger partial charge in [-0.05, 0) is 49.3 Å². The predicted molar refractivity (Wildman–Crippen MR) is 92.1 cm³/mol. The number of nitrogens with zero attached hydrogens (tertiary/aromatic N) is 1. The molecule has 7 nitrogen and oxygen atoms in total. The van der Waals surface area contributed by atoms with E-state index >= 15 is 0 Å². The van der Waals surface area contributed by atoms with Gasteiger partial charge in [0.15, 0.2) is 0 Å². The van der Waals surface area contributed by atoms with Gasteiger partial charge in [-0.25, -0.2) is 11.4 Å². The number of carbonyl (C=O) groups is 2. The average molecular weight is 349 g/mol. The van der Waals surface area contributed by atoms with Gasteiger partial charge >= 0.3 is 0 Å². The maximum atomic E-state index is 12.6. The molecule has 1 aromatic carbocycles. The third-order valence-corrected chi connectivity index (χ3v) is 5.00. The van der Waals surface area contributed by atoms with E-state index in [0.29, 0.717) is 6.42 Å².